The van der Waals surface area contributed by atoms with Crippen molar-refractivity contribution in [1.82, 2.24) is 4.90 Å². The van der Waals surface area contributed by atoms with Crippen molar-refractivity contribution in [3.8, 4) is 5.75 Å². The maximum atomic E-state index is 14.6. The van der Waals surface area contributed by atoms with E-state index in [0.29, 0.717) is 36.9 Å². The monoisotopic (exact) mass is 446 g/mol. The SMILES string of the molecule is COc1ccc(C2=C(N3CCc4ccccc4C3)C(=O)N(c3ccc(F)cc3F)C2=O)cc1. The van der Waals surface area contributed by atoms with Gasteiger partial charge in [0.15, 0.2) is 0 Å². The number of halogens is 2. The van der Waals surface area contributed by atoms with Gasteiger partial charge in [-0.05, 0) is 47.4 Å². The highest BCUT2D eigenvalue weighted by molar-refractivity contribution is 6.45. The Morgan fingerprint density at radius 3 is 2.30 bits per heavy atom. The number of benzene rings is 3. The number of rotatable bonds is 4. The Kier molecular flexibility index (Phi) is 5.17. The Morgan fingerprint density at radius 1 is 0.879 bits per heavy atom. The molecule has 0 atom stereocenters. The third-order valence-corrected chi connectivity index (χ3v) is 6.04. The zero-order valence-electron chi connectivity index (χ0n) is 17.8. The van der Waals surface area contributed by atoms with Crippen LogP contribution in [0.15, 0.2) is 72.4 Å². The molecule has 0 bridgehead atoms. The van der Waals surface area contributed by atoms with Crippen molar-refractivity contribution in [2.75, 3.05) is 18.6 Å². The zero-order valence-corrected chi connectivity index (χ0v) is 17.8. The number of amides is 2. The van der Waals surface area contributed by atoms with Gasteiger partial charge >= 0.3 is 0 Å². The van der Waals surface area contributed by atoms with E-state index < -0.39 is 23.4 Å². The van der Waals surface area contributed by atoms with Gasteiger partial charge < -0.3 is 9.64 Å². The summed E-state index contributed by atoms with van der Waals surface area (Å²) < 4.78 is 33.3. The smallest absolute Gasteiger partial charge is 0.282 e. The van der Waals surface area contributed by atoms with Gasteiger partial charge in [0.1, 0.15) is 23.1 Å². The number of methoxy groups -OCH3 is 1. The molecular weight excluding hydrogens is 426 g/mol. The number of carbonyl (C=O) groups is 2. The number of nitrogens with zero attached hydrogens (tertiary/aromatic N) is 2. The summed E-state index contributed by atoms with van der Waals surface area (Å²) in [5, 5.41) is 0. The molecule has 0 N–H and O–H groups in total. The van der Waals surface area contributed by atoms with Gasteiger partial charge in [-0.15, -0.1) is 0 Å². The van der Waals surface area contributed by atoms with Crippen LogP contribution in [0, 0.1) is 11.6 Å². The number of fused-ring (bicyclic) bond motifs is 1. The fourth-order valence-electron chi connectivity index (χ4n) is 4.40. The molecule has 5 rings (SSSR count). The molecule has 33 heavy (non-hydrogen) atoms. The average Bonchev–Trinajstić information content (AvgIpc) is 3.09. The highest BCUT2D eigenvalue weighted by Gasteiger charge is 2.44. The van der Waals surface area contributed by atoms with E-state index in [9.17, 15) is 18.4 Å². The summed E-state index contributed by atoms with van der Waals surface area (Å²) in [6, 6.07) is 17.5. The van der Waals surface area contributed by atoms with Gasteiger partial charge in [-0.3, -0.25) is 9.59 Å². The summed E-state index contributed by atoms with van der Waals surface area (Å²) in [6.07, 6.45) is 0.710. The van der Waals surface area contributed by atoms with Crippen molar-refractivity contribution in [3.63, 3.8) is 0 Å². The lowest BCUT2D eigenvalue weighted by molar-refractivity contribution is -0.120. The summed E-state index contributed by atoms with van der Waals surface area (Å²) in [5.74, 6) is -2.44. The highest BCUT2D eigenvalue weighted by Crippen LogP contribution is 2.38. The summed E-state index contributed by atoms with van der Waals surface area (Å²) in [5.41, 5.74) is 2.91. The van der Waals surface area contributed by atoms with Crippen LogP contribution in [-0.4, -0.2) is 30.4 Å². The molecule has 0 saturated heterocycles. The molecule has 5 nitrogen and oxygen atoms in total. The van der Waals surface area contributed by atoms with Crippen molar-refractivity contribution in [2.24, 2.45) is 0 Å². The van der Waals surface area contributed by atoms with Crippen molar-refractivity contribution >= 4 is 23.1 Å². The van der Waals surface area contributed by atoms with Crippen LogP contribution in [-0.2, 0) is 22.6 Å². The van der Waals surface area contributed by atoms with E-state index in [1.54, 1.807) is 24.3 Å². The Labute approximate surface area is 189 Å². The molecule has 2 amide bonds. The van der Waals surface area contributed by atoms with Gasteiger partial charge in [-0.2, -0.15) is 0 Å². The van der Waals surface area contributed by atoms with Gasteiger partial charge in [0, 0.05) is 19.2 Å². The van der Waals surface area contributed by atoms with Gasteiger partial charge in [0.05, 0.1) is 18.4 Å². The zero-order chi connectivity index (χ0) is 23.1. The number of anilines is 1. The molecule has 0 fully saturated rings. The molecule has 0 unspecified atom stereocenters. The van der Waals surface area contributed by atoms with Crippen LogP contribution >= 0.6 is 0 Å². The Bertz CT molecular complexity index is 1300. The molecule has 2 aliphatic heterocycles. The fraction of sp³-hybridized carbons (Fsp3) is 0.154. The Hall–Kier alpha value is -4.00. The first kappa shape index (κ1) is 20.9. The molecule has 0 spiro atoms. The highest BCUT2D eigenvalue weighted by atomic mass is 19.1. The standard InChI is InChI=1S/C26H20F2N2O3/c1-33-20-9-6-17(7-10-20)23-24(29-13-12-16-4-2-3-5-18(16)15-29)26(32)30(25(23)31)22-11-8-19(27)14-21(22)28/h2-11,14H,12-13,15H2,1H3. The summed E-state index contributed by atoms with van der Waals surface area (Å²) in [4.78, 5) is 29.8. The van der Waals surface area contributed by atoms with E-state index in [2.05, 4.69) is 0 Å². The minimum atomic E-state index is -0.976. The number of ether oxygens (including phenoxy) is 1. The second-order valence-electron chi connectivity index (χ2n) is 7.93. The third kappa shape index (κ3) is 3.55. The quantitative estimate of drug-likeness (QED) is 0.561. The number of hydrogen-bond donors (Lipinski definition) is 0. The van der Waals surface area contributed by atoms with Crippen LogP contribution < -0.4 is 9.64 Å². The van der Waals surface area contributed by atoms with Gasteiger partial charge in [0.25, 0.3) is 11.8 Å². The number of carbonyl (C=O) groups excluding carboxylic acids is 2. The first-order valence-corrected chi connectivity index (χ1v) is 10.5. The van der Waals surface area contributed by atoms with Gasteiger partial charge in [-0.1, -0.05) is 36.4 Å². The molecule has 3 aromatic rings. The molecule has 2 heterocycles. The van der Waals surface area contributed by atoms with Crippen molar-refractivity contribution < 1.29 is 23.1 Å². The van der Waals surface area contributed by atoms with E-state index in [1.165, 1.54) is 12.7 Å². The first-order chi connectivity index (χ1) is 16.0. The summed E-state index contributed by atoms with van der Waals surface area (Å²) in [7, 11) is 1.54. The molecular formula is C26H20F2N2O3. The summed E-state index contributed by atoms with van der Waals surface area (Å²) in [6.45, 7) is 0.981. The average molecular weight is 446 g/mol. The van der Waals surface area contributed by atoms with Crippen molar-refractivity contribution in [3.05, 3.63) is 101 Å². The fourth-order valence-corrected chi connectivity index (χ4v) is 4.40. The predicted molar refractivity (Wildman–Crippen MR) is 119 cm³/mol. The van der Waals surface area contributed by atoms with E-state index in [1.807, 2.05) is 29.2 Å². The minimum Gasteiger partial charge on any atom is -0.497 e. The van der Waals surface area contributed by atoms with Gasteiger partial charge in [-0.25, -0.2) is 13.7 Å². The largest absolute Gasteiger partial charge is 0.497 e. The topological polar surface area (TPSA) is 49.9 Å². The third-order valence-electron chi connectivity index (χ3n) is 6.04. The van der Waals surface area contributed by atoms with E-state index >= 15 is 0 Å². The second-order valence-corrected chi connectivity index (χ2v) is 7.93. The molecule has 0 aromatic heterocycles. The lowest BCUT2D eigenvalue weighted by Gasteiger charge is -2.31. The lowest BCUT2D eigenvalue weighted by Crippen LogP contribution is -2.37. The normalized spacial score (nSPS) is 15.8. The van der Waals surface area contributed by atoms with E-state index in [-0.39, 0.29) is 17.0 Å². The van der Waals surface area contributed by atoms with E-state index in [4.69, 9.17) is 4.74 Å². The van der Waals surface area contributed by atoms with Crippen LogP contribution in [0.2, 0.25) is 0 Å². The number of imide groups is 1. The molecule has 0 radical (unpaired) electrons. The predicted octanol–water partition coefficient (Wildman–Crippen LogP) is 4.32. The molecule has 166 valence electrons. The molecule has 7 heteroatoms. The number of hydrogen-bond acceptors (Lipinski definition) is 4. The summed E-state index contributed by atoms with van der Waals surface area (Å²) >= 11 is 0. The molecule has 0 saturated carbocycles. The lowest BCUT2D eigenvalue weighted by atomic mass is 9.98. The Balaban J connectivity index is 1.63. The Morgan fingerprint density at radius 2 is 1.61 bits per heavy atom. The first-order valence-electron chi connectivity index (χ1n) is 10.5. The van der Waals surface area contributed by atoms with Crippen LogP contribution in [0.3, 0.4) is 0 Å². The van der Waals surface area contributed by atoms with Crippen LogP contribution in [0.25, 0.3) is 5.57 Å². The van der Waals surface area contributed by atoms with Gasteiger partial charge in [0.2, 0.25) is 0 Å². The van der Waals surface area contributed by atoms with Crippen molar-refractivity contribution in [2.45, 2.75) is 13.0 Å². The van der Waals surface area contributed by atoms with Crippen molar-refractivity contribution in [1.29, 1.82) is 0 Å². The van der Waals surface area contributed by atoms with E-state index in [0.717, 1.165) is 22.6 Å². The molecule has 2 aliphatic rings. The molecule has 0 aliphatic carbocycles. The van der Waals surface area contributed by atoms with Crippen LogP contribution in [0.1, 0.15) is 16.7 Å². The maximum Gasteiger partial charge on any atom is 0.282 e. The maximum absolute atomic E-state index is 14.6. The molecule has 3 aromatic carbocycles. The minimum absolute atomic E-state index is 0.186. The van der Waals surface area contributed by atoms with Crippen LogP contribution in [0.4, 0.5) is 14.5 Å². The second kappa shape index (κ2) is 8.16. The van der Waals surface area contributed by atoms with Crippen LogP contribution in [0.5, 0.6) is 5.75 Å².